The monoisotopic (exact) mass is 421 g/mol. The molecule has 0 amide bonds. The van der Waals surface area contributed by atoms with Gasteiger partial charge in [-0.25, -0.2) is 13.4 Å². The highest BCUT2D eigenvalue weighted by molar-refractivity contribution is 7.89. The average Bonchev–Trinajstić information content (AvgIpc) is 3.23. The van der Waals surface area contributed by atoms with Crippen LogP contribution in [-0.2, 0) is 16.4 Å². The summed E-state index contributed by atoms with van der Waals surface area (Å²) in [5.74, 6) is 0. The largest absolute Gasteiger partial charge is 0.368 e. The standard InChI is InChI=1S/C22H23N5O2S/c1-2-16-14-20(17-6-3-4-8-19(17)25-16)26-10-12-27(13-11-26)30(28,29)21-15-24-22-18(21)7-5-9-23-22/h3-9,14-15H,2,10-13H2,1H3,(H,23,24). The van der Waals surface area contributed by atoms with Gasteiger partial charge in [0.1, 0.15) is 10.5 Å². The van der Waals surface area contributed by atoms with Gasteiger partial charge in [-0.1, -0.05) is 25.1 Å². The predicted octanol–water partition coefficient (Wildman–Crippen LogP) is 3.18. The molecule has 4 aromatic rings. The lowest BCUT2D eigenvalue weighted by Gasteiger charge is -2.36. The van der Waals surface area contributed by atoms with Gasteiger partial charge >= 0.3 is 0 Å². The third kappa shape index (κ3) is 3.12. The van der Waals surface area contributed by atoms with E-state index in [1.165, 1.54) is 0 Å². The van der Waals surface area contributed by atoms with Crippen LogP contribution in [0, 0.1) is 0 Å². The number of anilines is 1. The Hall–Kier alpha value is -2.97. The lowest BCUT2D eigenvalue weighted by Crippen LogP contribution is -2.48. The number of aryl methyl sites for hydroxylation is 1. The van der Waals surface area contributed by atoms with Crippen LogP contribution < -0.4 is 4.90 Å². The molecule has 0 atom stereocenters. The summed E-state index contributed by atoms with van der Waals surface area (Å²) in [5, 5.41) is 1.74. The van der Waals surface area contributed by atoms with E-state index in [0.29, 0.717) is 42.1 Å². The summed E-state index contributed by atoms with van der Waals surface area (Å²) in [6, 6.07) is 13.8. The molecule has 0 saturated carbocycles. The number of aromatic amines is 1. The Balaban J connectivity index is 1.42. The van der Waals surface area contributed by atoms with Crippen molar-refractivity contribution in [1.82, 2.24) is 19.3 Å². The Morgan fingerprint density at radius 3 is 2.60 bits per heavy atom. The number of nitrogens with zero attached hydrogens (tertiary/aromatic N) is 4. The van der Waals surface area contributed by atoms with Gasteiger partial charge in [0.05, 0.1) is 5.52 Å². The highest BCUT2D eigenvalue weighted by atomic mass is 32.2. The molecule has 7 nitrogen and oxygen atoms in total. The number of hydrogen-bond donors (Lipinski definition) is 1. The van der Waals surface area contributed by atoms with Crippen molar-refractivity contribution in [3.8, 4) is 0 Å². The normalized spacial score (nSPS) is 15.8. The smallest absolute Gasteiger partial charge is 0.245 e. The molecule has 1 aromatic carbocycles. The van der Waals surface area contributed by atoms with E-state index in [9.17, 15) is 8.42 Å². The summed E-state index contributed by atoms with van der Waals surface area (Å²) in [6.07, 6.45) is 4.06. The number of benzene rings is 1. The van der Waals surface area contributed by atoms with Crippen LogP contribution in [0.2, 0.25) is 0 Å². The molecule has 4 heterocycles. The minimum atomic E-state index is -3.58. The van der Waals surface area contributed by atoms with E-state index in [2.05, 4.69) is 33.9 Å². The number of para-hydroxylation sites is 1. The number of piperazine rings is 1. The Morgan fingerprint density at radius 2 is 1.80 bits per heavy atom. The summed E-state index contributed by atoms with van der Waals surface area (Å²) < 4.78 is 28.1. The van der Waals surface area contributed by atoms with E-state index in [4.69, 9.17) is 4.98 Å². The first kappa shape index (κ1) is 19.0. The maximum absolute atomic E-state index is 13.3. The van der Waals surface area contributed by atoms with E-state index < -0.39 is 10.0 Å². The molecule has 0 spiro atoms. The van der Waals surface area contributed by atoms with Gasteiger partial charge in [-0.15, -0.1) is 0 Å². The predicted molar refractivity (Wildman–Crippen MR) is 118 cm³/mol. The van der Waals surface area contributed by atoms with E-state index in [-0.39, 0.29) is 0 Å². The maximum atomic E-state index is 13.3. The van der Waals surface area contributed by atoms with Gasteiger partial charge in [0.2, 0.25) is 10.0 Å². The quantitative estimate of drug-likeness (QED) is 0.547. The number of H-pyrrole nitrogens is 1. The first-order chi connectivity index (χ1) is 14.6. The SMILES string of the molecule is CCc1cc(N2CCN(S(=O)(=O)c3c[nH]c4ncccc34)CC2)c2ccccc2n1. The Kier molecular flexibility index (Phi) is 4.67. The van der Waals surface area contributed by atoms with Crippen molar-refractivity contribution in [2.75, 3.05) is 31.1 Å². The number of aromatic nitrogens is 3. The minimum absolute atomic E-state index is 0.293. The van der Waals surface area contributed by atoms with Crippen LogP contribution in [0.25, 0.3) is 21.9 Å². The fourth-order valence-electron chi connectivity index (χ4n) is 4.11. The number of nitrogens with one attached hydrogen (secondary N) is 1. The van der Waals surface area contributed by atoms with Crippen LogP contribution in [0.5, 0.6) is 0 Å². The Morgan fingerprint density at radius 1 is 1.03 bits per heavy atom. The van der Waals surface area contributed by atoms with Crippen LogP contribution in [0.4, 0.5) is 5.69 Å². The lowest BCUT2D eigenvalue weighted by atomic mass is 10.1. The van der Waals surface area contributed by atoms with E-state index in [1.807, 2.05) is 18.2 Å². The van der Waals surface area contributed by atoms with E-state index >= 15 is 0 Å². The molecule has 1 N–H and O–H groups in total. The number of sulfonamides is 1. The van der Waals surface area contributed by atoms with Gasteiger partial charge in [-0.2, -0.15) is 4.31 Å². The maximum Gasteiger partial charge on any atom is 0.245 e. The lowest BCUT2D eigenvalue weighted by molar-refractivity contribution is 0.385. The molecular formula is C22H23N5O2S. The molecule has 1 saturated heterocycles. The van der Waals surface area contributed by atoms with Gasteiger partial charge in [0.15, 0.2) is 0 Å². The summed E-state index contributed by atoms with van der Waals surface area (Å²) in [4.78, 5) is 14.5. The van der Waals surface area contributed by atoms with Gasteiger partial charge in [-0.05, 0) is 30.7 Å². The first-order valence-electron chi connectivity index (χ1n) is 10.1. The second-order valence-corrected chi connectivity index (χ2v) is 9.35. The Bertz CT molecular complexity index is 1320. The summed E-state index contributed by atoms with van der Waals surface area (Å²) in [6.45, 7) is 4.25. The van der Waals surface area contributed by atoms with Crippen molar-refractivity contribution in [2.24, 2.45) is 0 Å². The minimum Gasteiger partial charge on any atom is -0.368 e. The number of fused-ring (bicyclic) bond motifs is 2. The van der Waals surface area contributed by atoms with Gasteiger partial charge in [-0.3, -0.25) is 4.98 Å². The van der Waals surface area contributed by atoms with Crippen LogP contribution in [0.1, 0.15) is 12.6 Å². The molecule has 5 rings (SSSR count). The van der Waals surface area contributed by atoms with Crippen molar-refractivity contribution >= 4 is 37.6 Å². The molecular weight excluding hydrogens is 398 g/mol. The topological polar surface area (TPSA) is 82.2 Å². The summed E-state index contributed by atoms with van der Waals surface area (Å²) in [7, 11) is -3.58. The molecule has 0 unspecified atom stereocenters. The second kappa shape index (κ2) is 7.37. The van der Waals surface area contributed by atoms with E-state index in [1.54, 1.807) is 28.8 Å². The molecule has 3 aromatic heterocycles. The zero-order chi connectivity index (χ0) is 20.7. The molecule has 0 radical (unpaired) electrons. The third-order valence-electron chi connectivity index (χ3n) is 5.72. The van der Waals surface area contributed by atoms with Crippen LogP contribution >= 0.6 is 0 Å². The molecule has 8 heteroatoms. The molecule has 0 aliphatic carbocycles. The second-order valence-electron chi connectivity index (χ2n) is 7.45. The molecule has 154 valence electrons. The fourth-order valence-corrected chi connectivity index (χ4v) is 5.68. The summed E-state index contributed by atoms with van der Waals surface area (Å²) in [5.41, 5.74) is 3.74. The first-order valence-corrected chi connectivity index (χ1v) is 11.6. The zero-order valence-electron chi connectivity index (χ0n) is 16.7. The number of hydrogen-bond acceptors (Lipinski definition) is 5. The Labute approximate surface area is 175 Å². The van der Waals surface area contributed by atoms with Crippen LogP contribution in [-0.4, -0.2) is 53.9 Å². The van der Waals surface area contributed by atoms with Crippen molar-refractivity contribution in [3.63, 3.8) is 0 Å². The highest BCUT2D eigenvalue weighted by Crippen LogP contribution is 2.30. The molecule has 1 fully saturated rings. The van der Waals surface area contributed by atoms with Crippen LogP contribution in [0.3, 0.4) is 0 Å². The van der Waals surface area contributed by atoms with Gasteiger partial charge in [0.25, 0.3) is 0 Å². The van der Waals surface area contributed by atoms with Gasteiger partial charge < -0.3 is 9.88 Å². The van der Waals surface area contributed by atoms with Gasteiger partial charge in [0, 0.05) is 60.7 Å². The molecule has 30 heavy (non-hydrogen) atoms. The van der Waals surface area contributed by atoms with Crippen molar-refractivity contribution in [2.45, 2.75) is 18.2 Å². The number of pyridine rings is 2. The third-order valence-corrected chi connectivity index (χ3v) is 7.66. The highest BCUT2D eigenvalue weighted by Gasteiger charge is 2.31. The van der Waals surface area contributed by atoms with Crippen molar-refractivity contribution < 1.29 is 8.42 Å². The van der Waals surface area contributed by atoms with Crippen LogP contribution in [0.15, 0.2) is 59.8 Å². The fraction of sp³-hybridized carbons (Fsp3) is 0.273. The van der Waals surface area contributed by atoms with Crippen molar-refractivity contribution in [3.05, 3.63) is 60.6 Å². The van der Waals surface area contributed by atoms with E-state index in [0.717, 1.165) is 28.7 Å². The number of rotatable bonds is 4. The van der Waals surface area contributed by atoms with Crippen molar-refractivity contribution in [1.29, 1.82) is 0 Å². The average molecular weight is 422 g/mol. The molecule has 0 bridgehead atoms. The molecule has 1 aliphatic rings. The zero-order valence-corrected chi connectivity index (χ0v) is 17.6. The summed E-state index contributed by atoms with van der Waals surface area (Å²) >= 11 is 0. The molecule has 1 aliphatic heterocycles.